The van der Waals surface area contributed by atoms with Crippen LogP contribution in [-0.2, 0) is 23.9 Å². The highest BCUT2D eigenvalue weighted by Gasteiger charge is 2.53. The van der Waals surface area contributed by atoms with Gasteiger partial charge in [-0.25, -0.2) is 0 Å². The molecule has 3 unspecified atom stereocenters. The zero-order valence-electron chi connectivity index (χ0n) is 21.4. The van der Waals surface area contributed by atoms with Gasteiger partial charge in [0.2, 0.25) is 0 Å². The molecular weight excluding hydrogens is 476 g/mol. The lowest BCUT2D eigenvalue weighted by Gasteiger charge is -2.41. The first-order chi connectivity index (χ1) is 17.2. The Kier molecular flexibility index (Phi) is 9.74. The van der Waals surface area contributed by atoms with E-state index in [1.807, 2.05) is 30.4 Å². The maximum atomic E-state index is 13.1. The highest BCUT2D eigenvalue weighted by molar-refractivity contribution is 7.99. The van der Waals surface area contributed by atoms with Crippen molar-refractivity contribution in [2.75, 3.05) is 12.4 Å². The number of carbonyl (C=O) groups is 3. The summed E-state index contributed by atoms with van der Waals surface area (Å²) in [5.41, 5.74) is -0.264. The minimum absolute atomic E-state index is 0.0540. The van der Waals surface area contributed by atoms with Gasteiger partial charge >= 0.3 is 11.9 Å². The highest BCUT2D eigenvalue weighted by Crippen LogP contribution is 2.44. The van der Waals surface area contributed by atoms with E-state index < -0.39 is 29.6 Å². The molecule has 1 aromatic carbocycles. The monoisotopic (exact) mass is 512 g/mol. The third-order valence-corrected chi connectivity index (χ3v) is 7.82. The molecule has 0 aromatic heterocycles. The van der Waals surface area contributed by atoms with Crippen LogP contribution in [0.3, 0.4) is 0 Å². The summed E-state index contributed by atoms with van der Waals surface area (Å²) in [5, 5.41) is 10.7. The number of benzene rings is 1. The third-order valence-electron chi connectivity index (χ3n) is 6.59. The number of hydrogen-bond acceptors (Lipinski definition) is 6. The van der Waals surface area contributed by atoms with E-state index in [1.165, 1.54) is 5.56 Å². The second kappa shape index (κ2) is 12.5. The molecule has 194 valence electrons. The van der Waals surface area contributed by atoms with Crippen molar-refractivity contribution in [3.63, 3.8) is 0 Å². The molecular formula is C29H36O6S. The molecule has 1 N–H and O–H groups in total. The van der Waals surface area contributed by atoms with Gasteiger partial charge in [0.1, 0.15) is 11.5 Å². The largest absolute Gasteiger partial charge is 0.480 e. The Morgan fingerprint density at radius 3 is 2.53 bits per heavy atom. The van der Waals surface area contributed by atoms with Crippen molar-refractivity contribution in [1.82, 2.24) is 0 Å². The molecule has 0 bridgehead atoms. The molecule has 3 rings (SSSR count). The molecule has 0 amide bonds. The second-order valence-corrected chi connectivity index (χ2v) is 10.9. The van der Waals surface area contributed by atoms with Gasteiger partial charge in [-0.15, -0.1) is 11.8 Å². The predicted molar refractivity (Wildman–Crippen MR) is 141 cm³/mol. The smallest absolute Gasteiger partial charge is 0.317 e. The number of esters is 1. The summed E-state index contributed by atoms with van der Waals surface area (Å²) >= 11 is 1.54. The number of ether oxygens (including phenoxy) is 2. The molecule has 3 atom stereocenters. The topological polar surface area (TPSA) is 89.9 Å². The Labute approximate surface area is 217 Å². The first-order valence-corrected chi connectivity index (χ1v) is 13.5. The highest BCUT2D eigenvalue weighted by atomic mass is 32.2. The van der Waals surface area contributed by atoms with E-state index >= 15 is 0 Å². The summed E-state index contributed by atoms with van der Waals surface area (Å²) in [5.74, 6) is -1.49. The number of Topliss-reactive ketones (excluding diaryl/α,β-unsaturated/α-hetero) is 1. The lowest BCUT2D eigenvalue weighted by molar-refractivity contribution is -0.166. The Balaban J connectivity index is 2.01. The molecule has 0 spiro atoms. The van der Waals surface area contributed by atoms with Gasteiger partial charge < -0.3 is 14.6 Å². The molecule has 7 heteroatoms. The second-order valence-electron chi connectivity index (χ2n) is 9.86. The summed E-state index contributed by atoms with van der Waals surface area (Å²) in [6.45, 7) is 8.00. The van der Waals surface area contributed by atoms with Crippen molar-refractivity contribution < 1.29 is 29.0 Å². The van der Waals surface area contributed by atoms with Crippen molar-refractivity contribution in [3.8, 4) is 0 Å². The van der Waals surface area contributed by atoms with Gasteiger partial charge in [-0.3, -0.25) is 14.4 Å². The molecule has 1 aliphatic heterocycles. The van der Waals surface area contributed by atoms with Gasteiger partial charge in [0.25, 0.3) is 0 Å². The van der Waals surface area contributed by atoms with Gasteiger partial charge in [-0.05, 0) is 24.0 Å². The molecule has 1 aromatic rings. The van der Waals surface area contributed by atoms with E-state index in [1.54, 1.807) is 43.8 Å². The lowest BCUT2D eigenvalue weighted by Crippen LogP contribution is -2.51. The van der Waals surface area contributed by atoms with Crippen molar-refractivity contribution in [1.29, 1.82) is 0 Å². The fraction of sp³-hybridized carbons (Fsp3) is 0.483. The van der Waals surface area contributed by atoms with Gasteiger partial charge in [0, 0.05) is 29.1 Å². The summed E-state index contributed by atoms with van der Waals surface area (Å²) in [6.07, 6.45) is 7.69. The predicted octanol–water partition coefficient (Wildman–Crippen LogP) is 5.73. The Morgan fingerprint density at radius 1 is 1.17 bits per heavy atom. The summed E-state index contributed by atoms with van der Waals surface area (Å²) in [7, 11) is 0. The number of carbonyl (C=O) groups excluding carboxylic acids is 2. The van der Waals surface area contributed by atoms with Crippen molar-refractivity contribution in [2.45, 2.75) is 70.0 Å². The molecule has 0 radical (unpaired) electrons. The zero-order valence-corrected chi connectivity index (χ0v) is 22.3. The summed E-state index contributed by atoms with van der Waals surface area (Å²) in [6, 6.07) is 8.06. The van der Waals surface area contributed by atoms with Gasteiger partial charge in [-0.2, -0.15) is 0 Å². The maximum Gasteiger partial charge on any atom is 0.317 e. The molecule has 1 aliphatic carbocycles. The Bertz CT molecular complexity index is 1050. The molecule has 1 heterocycles. The third kappa shape index (κ3) is 6.37. The number of thioether (sulfide) groups is 1. The van der Waals surface area contributed by atoms with Gasteiger partial charge in [0.05, 0.1) is 18.6 Å². The number of ketones is 1. The fourth-order valence-corrected chi connectivity index (χ4v) is 5.83. The van der Waals surface area contributed by atoms with Crippen LogP contribution in [0.4, 0.5) is 0 Å². The van der Waals surface area contributed by atoms with Crippen LogP contribution in [0.1, 0.15) is 58.4 Å². The Hall–Kier alpha value is -2.64. The van der Waals surface area contributed by atoms with Gasteiger partial charge in [-0.1, -0.05) is 76.3 Å². The quantitative estimate of drug-likeness (QED) is 0.230. The zero-order chi connectivity index (χ0) is 26.3. The summed E-state index contributed by atoms with van der Waals surface area (Å²) in [4.78, 5) is 39.9. The maximum absolute atomic E-state index is 13.1. The average molecular weight is 513 g/mol. The van der Waals surface area contributed by atoms with Crippen LogP contribution < -0.4 is 0 Å². The minimum Gasteiger partial charge on any atom is -0.480 e. The standard InChI is InChI=1S/C29H36O6S/c1-19(2)22-11-5-8-14-25(22)36-18-21(35-27(31)20(3)4)17-29(28(32)33,26-15-9-10-16-34-26)23-12-6-7-13-24(23)30/h5-12,14,19-21,26H,13,15-18H2,1-4H3,(H,32,33). The molecule has 2 aliphatic rings. The van der Waals surface area contributed by atoms with E-state index in [0.717, 1.165) is 4.90 Å². The van der Waals surface area contributed by atoms with Crippen LogP contribution in [0.5, 0.6) is 0 Å². The molecule has 0 saturated carbocycles. The van der Waals surface area contributed by atoms with Crippen molar-refractivity contribution in [2.24, 2.45) is 11.3 Å². The van der Waals surface area contributed by atoms with Crippen LogP contribution in [0, 0.1) is 11.3 Å². The number of rotatable bonds is 11. The van der Waals surface area contributed by atoms with Crippen LogP contribution >= 0.6 is 11.8 Å². The van der Waals surface area contributed by atoms with E-state index in [4.69, 9.17) is 9.47 Å². The SMILES string of the molecule is CC(C)C(=O)OC(CSc1ccccc1C(C)C)CC(C(=O)O)(C1=CC=CCC1=O)C1CC=CCO1. The summed E-state index contributed by atoms with van der Waals surface area (Å²) < 4.78 is 11.8. The van der Waals surface area contributed by atoms with Crippen LogP contribution in [0.15, 0.2) is 65.1 Å². The first-order valence-electron chi connectivity index (χ1n) is 12.5. The van der Waals surface area contributed by atoms with Crippen LogP contribution in [0.25, 0.3) is 0 Å². The van der Waals surface area contributed by atoms with E-state index in [2.05, 4.69) is 19.9 Å². The molecule has 36 heavy (non-hydrogen) atoms. The average Bonchev–Trinajstić information content (AvgIpc) is 2.86. The first kappa shape index (κ1) is 27.9. The normalized spacial score (nSPS) is 20.2. The van der Waals surface area contributed by atoms with Crippen molar-refractivity contribution in [3.05, 3.63) is 65.8 Å². The van der Waals surface area contributed by atoms with Crippen molar-refractivity contribution >= 4 is 29.5 Å². The number of hydrogen-bond donors (Lipinski definition) is 1. The molecule has 0 fully saturated rings. The Morgan fingerprint density at radius 2 is 1.92 bits per heavy atom. The lowest BCUT2D eigenvalue weighted by atomic mass is 9.67. The van der Waals surface area contributed by atoms with E-state index in [9.17, 15) is 19.5 Å². The number of aliphatic carboxylic acids is 1. The number of carboxylic acid groups (broad SMARTS) is 1. The van der Waals surface area contributed by atoms with Gasteiger partial charge in [0.15, 0.2) is 5.78 Å². The number of carboxylic acids is 1. The fourth-order valence-electron chi connectivity index (χ4n) is 4.63. The molecule has 6 nitrogen and oxygen atoms in total. The number of allylic oxidation sites excluding steroid dienone is 3. The van der Waals surface area contributed by atoms with E-state index in [-0.39, 0.29) is 36.7 Å². The van der Waals surface area contributed by atoms with Crippen LogP contribution in [0.2, 0.25) is 0 Å². The minimum atomic E-state index is -1.65. The van der Waals surface area contributed by atoms with E-state index in [0.29, 0.717) is 18.1 Å². The molecule has 0 saturated heterocycles. The van der Waals surface area contributed by atoms with Crippen LogP contribution in [-0.4, -0.2) is 47.4 Å².